The predicted octanol–water partition coefficient (Wildman–Crippen LogP) is 3.04. The molecular weight excluding hydrogens is 284 g/mol. The zero-order valence-electron chi connectivity index (χ0n) is 13.1. The lowest BCUT2D eigenvalue weighted by Crippen LogP contribution is -2.21. The number of aliphatic hydroxyl groups excluding tert-OH is 1. The number of benzene rings is 1. The molecule has 0 aliphatic carbocycles. The van der Waals surface area contributed by atoms with Crippen molar-refractivity contribution in [3.8, 4) is 5.75 Å². The first kappa shape index (κ1) is 17.5. The van der Waals surface area contributed by atoms with E-state index >= 15 is 0 Å². The molecule has 21 heavy (non-hydrogen) atoms. The van der Waals surface area contributed by atoms with Gasteiger partial charge in [-0.25, -0.2) is 4.79 Å². The van der Waals surface area contributed by atoms with Crippen molar-refractivity contribution in [1.82, 2.24) is 0 Å². The molecule has 1 N–H and O–H groups in total. The Bertz CT molecular complexity index is 491. The first-order chi connectivity index (χ1) is 9.87. The molecular formula is C16H24O4Si. The number of carbonyl (C=O) groups excluding carboxylic acids is 1. The summed E-state index contributed by atoms with van der Waals surface area (Å²) in [6, 6.07) is 6.94. The van der Waals surface area contributed by atoms with Gasteiger partial charge in [-0.3, -0.25) is 0 Å². The molecule has 0 bridgehead atoms. The Balaban J connectivity index is 2.83. The lowest BCUT2D eigenvalue weighted by Gasteiger charge is -2.16. The fraction of sp³-hybridized carbons (Fsp3) is 0.438. The summed E-state index contributed by atoms with van der Waals surface area (Å²) in [5.41, 5.74) is 2.51. The number of carbonyl (C=O) groups is 1. The fourth-order valence-electron chi connectivity index (χ4n) is 1.73. The molecule has 116 valence electrons. The molecule has 0 saturated carbocycles. The highest BCUT2D eigenvalue weighted by atomic mass is 28.3. The summed E-state index contributed by atoms with van der Waals surface area (Å²) in [5.74, 6) is 0.0468. The molecule has 1 rings (SSSR count). The minimum absolute atomic E-state index is 0.0279. The van der Waals surface area contributed by atoms with Crippen LogP contribution < -0.4 is 4.74 Å². The van der Waals surface area contributed by atoms with Crippen molar-refractivity contribution in [3.63, 3.8) is 0 Å². The number of ether oxygens (including phenoxy) is 2. The van der Waals surface area contributed by atoms with E-state index < -0.39 is 20.1 Å². The van der Waals surface area contributed by atoms with Crippen LogP contribution in [0.25, 0.3) is 0 Å². The molecule has 1 atom stereocenters. The van der Waals surface area contributed by atoms with Crippen LogP contribution in [-0.2, 0) is 4.74 Å². The topological polar surface area (TPSA) is 55.8 Å². The van der Waals surface area contributed by atoms with E-state index in [-0.39, 0.29) is 6.61 Å². The van der Waals surface area contributed by atoms with Gasteiger partial charge in [-0.2, -0.15) is 0 Å². The van der Waals surface area contributed by atoms with Crippen LogP contribution in [0.3, 0.4) is 0 Å². The molecule has 1 aromatic rings. The SMILES string of the molecule is COc1ccccc1C(=O)OC(/C=C/[Si](C)(C)C)CCO. The molecule has 0 spiro atoms. The minimum atomic E-state index is -1.38. The Kier molecular flexibility index (Phi) is 6.65. The largest absolute Gasteiger partial charge is 0.496 e. The highest BCUT2D eigenvalue weighted by molar-refractivity contribution is 6.80. The highest BCUT2D eigenvalue weighted by Crippen LogP contribution is 2.19. The summed E-state index contributed by atoms with van der Waals surface area (Å²) in [6.45, 7) is 6.56. The number of aliphatic hydroxyl groups is 1. The zero-order chi connectivity index (χ0) is 15.9. The van der Waals surface area contributed by atoms with Gasteiger partial charge >= 0.3 is 5.97 Å². The van der Waals surface area contributed by atoms with Crippen molar-refractivity contribution in [3.05, 3.63) is 41.6 Å². The second kappa shape index (κ2) is 8.00. The number of hydrogen-bond donors (Lipinski definition) is 1. The Morgan fingerprint density at radius 3 is 2.57 bits per heavy atom. The molecule has 1 unspecified atom stereocenters. The Labute approximate surface area is 127 Å². The summed E-state index contributed by atoms with van der Waals surface area (Å²) >= 11 is 0. The van der Waals surface area contributed by atoms with Gasteiger partial charge < -0.3 is 14.6 Å². The summed E-state index contributed by atoms with van der Waals surface area (Å²) in [5, 5.41) is 9.11. The maximum atomic E-state index is 12.2. The summed E-state index contributed by atoms with van der Waals surface area (Å²) < 4.78 is 10.6. The van der Waals surface area contributed by atoms with E-state index in [4.69, 9.17) is 14.6 Å². The summed E-state index contributed by atoms with van der Waals surface area (Å²) in [7, 11) is 0.141. The van der Waals surface area contributed by atoms with Gasteiger partial charge in [0.05, 0.1) is 15.2 Å². The fourth-order valence-corrected chi connectivity index (χ4v) is 2.52. The van der Waals surface area contributed by atoms with Gasteiger partial charge in [0.2, 0.25) is 0 Å². The van der Waals surface area contributed by atoms with Gasteiger partial charge in [0.1, 0.15) is 17.4 Å². The van der Waals surface area contributed by atoms with Crippen molar-refractivity contribution in [2.24, 2.45) is 0 Å². The number of methoxy groups -OCH3 is 1. The Morgan fingerprint density at radius 1 is 1.33 bits per heavy atom. The molecule has 0 amide bonds. The zero-order valence-corrected chi connectivity index (χ0v) is 14.1. The number of esters is 1. The van der Waals surface area contributed by atoms with Crippen LogP contribution >= 0.6 is 0 Å². The van der Waals surface area contributed by atoms with Gasteiger partial charge in [0.15, 0.2) is 0 Å². The average molecular weight is 308 g/mol. The van der Waals surface area contributed by atoms with Crippen LogP contribution in [0.2, 0.25) is 19.6 Å². The molecule has 0 aliphatic rings. The maximum Gasteiger partial charge on any atom is 0.342 e. The van der Waals surface area contributed by atoms with E-state index in [1.807, 2.05) is 6.08 Å². The van der Waals surface area contributed by atoms with E-state index in [9.17, 15) is 4.79 Å². The molecule has 0 radical (unpaired) electrons. The van der Waals surface area contributed by atoms with E-state index in [0.29, 0.717) is 17.7 Å². The van der Waals surface area contributed by atoms with E-state index in [1.54, 1.807) is 24.3 Å². The second-order valence-corrected chi connectivity index (χ2v) is 10.9. The lowest BCUT2D eigenvalue weighted by atomic mass is 10.2. The third kappa shape index (κ3) is 6.14. The maximum absolute atomic E-state index is 12.2. The van der Waals surface area contributed by atoms with Gasteiger partial charge in [-0.1, -0.05) is 43.5 Å². The Morgan fingerprint density at radius 2 is 2.00 bits per heavy atom. The van der Waals surface area contributed by atoms with Crippen LogP contribution in [0, 0.1) is 0 Å². The van der Waals surface area contributed by atoms with Gasteiger partial charge in [-0.15, -0.1) is 0 Å². The van der Waals surface area contributed by atoms with Crippen LogP contribution in [0.4, 0.5) is 0 Å². The molecule has 0 fully saturated rings. The van der Waals surface area contributed by atoms with E-state index in [2.05, 4.69) is 25.3 Å². The molecule has 0 saturated heterocycles. The second-order valence-electron chi connectivity index (χ2n) is 5.88. The van der Waals surface area contributed by atoms with Crippen LogP contribution in [0.15, 0.2) is 36.0 Å². The molecule has 1 aromatic carbocycles. The number of hydrogen-bond acceptors (Lipinski definition) is 4. The predicted molar refractivity (Wildman–Crippen MR) is 86.4 cm³/mol. The number of para-hydroxylation sites is 1. The van der Waals surface area contributed by atoms with Gasteiger partial charge in [-0.05, 0) is 12.1 Å². The van der Waals surface area contributed by atoms with Crippen LogP contribution in [-0.4, -0.2) is 39.0 Å². The summed E-state index contributed by atoms with van der Waals surface area (Å²) in [4.78, 5) is 12.2. The molecule has 0 aromatic heterocycles. The smallest absolute Gasteiger partial charge is 0.342 e. The monoisotopic (exact) mass is 308 g/mol. The third-order valence-corrected chi connectivity index (χ3v) is 4.00. The van der Waals surface area contributed by atoms with Crippen molar-refractivity contribution in [2.75, 3.05) is 13.7 Å². The highest BCUT2D eigenvalue weighted by Gasteiger charge is 2.18. The standard InChI is InChI=1S/C16H24O4Si/c1-19-15-8-6-5-7-14(15)16(18)20-13(9-11-17)10-12-21(2,3)4/h5-8,10,12-13,17H,9,11H2,1-4H3/b12-10+. The molecule has 4 nitrogen and oxygen atoms in total. The van der Waals surface area contributed by atoms with Crippen LogP contribution in [0.5, 0.6) is 5.75 Å². The van der Waals surface area contributed by atoms with Gasteiger partial charge in [0, 0.05) is 13.0 Å². The van der Waals surface area contributed by atoms with Crippen molar-refractivity contribution in [2.45, 2.75) is 32.2 Å². The average Bonchev–Trinajstić information content (AvgIpc) is 2.44. The quantitative estimate of drug-likeness (QED) is 0.621. The molecule has 0 aliphatic heterocycles. The van der Waals surface area contributed by atoms with E-state index in [0.717, 1.165) is 0 Å². The first-order valence-electron chi connectivity index (χ1n) is 7.01. The summed E-state index contributed by atoms with van der Waals surface area (Å²) in [6.07, 6.45) is 1.86. The lowest BCUT2D eigenvalue weighted by molar-refractivity contribution is 0.0347. The van der Waals surface area contributed by atoms with Gasteiger partial charge in [0.25, 0.3) is 0 Å². The first-order valence-corrected chi connectivity index (χ1v) is 10.6. The van der Waals surface area contributed by atoms with Crippen LogP contribution in [0.1, 0.15) is 16.8 Å². The normalized spacial score (nSPS) is 13.2. The van der Waals surface area contributed by atoms with Crippen molar-refractivity contribution < 1.29 is 19.4 Å². The van der Waals surface area contributed by atoms with E-state index in [1.165, 1.54) is 7.11 Å². The molecule has 0 heterocycles. The molecule has 5 heteroatoms. The minimum Gasteiger partial charge on any atom is -0.496 e. The third-order valence-electron chi connectivity index (χ3n) is 2.81. The van der Waals surface area contributed by atoms with Crippen molar-refractivity contribution >= 4 is 14.0 Å². The Hall–Kier alpha value is -1.59. The number of rotatable bonds is 7. The van der Waals surface area contributed by atoms with Crippen molar-refractivity contribution in [1.29, 1.82) is 0 Å².